The topological polar surface area (TPSA) is 110 Å². The van der Waals surface area contributed by atoms with Crippen molar-refractivity contribution in [3.8, 4) is 5.88 Å². The van der Waals surface area contributed by atoms with Crippen molar-refractivity contribution in [2.24, 2.45) is 29.1 Å². The molecule has 7 rings (SSSR count). The molecule has 13 heteroatoms. The van der Waals surface area contributed by atoms with E-state index in [1.54, 1.807) is 4.90 Å². The largest absolute Gasteiger partial charge is 0.480 e. The Balaban J connectivity index is 1.14. The average Bonchev–Trinajstić information content (AvgIpc) is 3.63. The summed E-state index contributed by atoms with van der Waals surface area (Å²) in [5.74, 6) is -3.53. The molecule has 9 nitrogen and oxygen atoms in total. The molecule has 5 aliphatic rings. The van der Waals surface area contributed by atoms with E-state index in [4.69, 9.17) is 9.47 Å². The fourth-order valence-corrected chi connectivity index (χ4v) is 7.39. The van der Waals surface area contributed by atoms with Crippen LogP contribution in [0.15, 0.2) is 42.1 Å². The molecule has 3 aliphatic carbocycles. The van der Waals surface area contributed by atoms with Crippen LogP contribution >= 0.6 is 0 Å². The Morgan fingerprint density at radius 1 is 1.09 bits per heavy atom. The van der Waals surface area contributed by atoms with Crippen molar-refractivity contribution in [2.45, 2.75) is 37.9 Å². The van der Waals surface area contributed by atoms with Crippen molar-refractivity contribution in [3.05, 3.63) is 64.6 Å². The maximum Gasteiger partial charge on any atom is 0.419 e. The fourth-order valence-electron chi connectivity index (χ4n) is 7.39. The number of aromatic nitrogens is 1. The molecule has 1 aromatic heterocycles. The van der Waals surface area contributed by atoms with Crippen LogP contribution in [0, 0.1) is 34.9 Å². The molecule has 2 saturated heterocycles. The lowest BCUT2D eigenvalue weighted by molar-refractivity contribution is -0.176. The SMILES string of the molecule is COc1ncc(C(=O)N2CC3(COC3)C2)cc1C(=O)N[C@@H]1C2CCC(/C2=C/C2CC2)[C@@H]1C(=O)Nc1ccc(F)c(C(F)(F)F)c1. The van der Waals surface area contributed by atoms with Gasteiger partial charge in [-0.3, -0.25) is 14.4 Å². The molecule has 238 valence electrons. The number of amides is 3. The molecule has 0 radical (unpaired) electrons. The first-order valence-corrected chi connectivity index (χ1v) is 15.1. The minimum Gasteiger partial charge on any atom is -0.480 e. The molecule has 2 aromatic rings. The third-order valence-corrected chi connectivity index (χ3v) is 9.78. The second-order valence-corrected chi connectivity index (χ2v) is 12.9. The molecule has 2 unspecified atom stereocenters. The highest BCUT2D eigenvalue weighted by atomic mass is 19.4. The summed E-state index contributed by atoms with van der Waals surface area (Å²) >= 11 is 0. The molecule has 3 heterocycles. The van der Waals surface area contributed by atoms with Crippen LogP contribution in [0.4, 0.5) is 23.2 Å². The Morgan fingerprint density at radius 2 is 1.82 bits per heavy atom. The van der Waals surface area contributed by atoms with Crippen LogP contribution in [0.3, 0.4) is 0 Å². The van der Waals surface area contributed by atoms with E-state index >= 15 is 0 Å². The summed E-state index contributed by atoms with van der Waals surface area (Å²) in [6.45, 7) is 2.36. The molecule has 1 spiro atoms. The zero-order valence-electron chi connectivity index (χ0n) is 24.5. The minimum atomic E-state index is -4.93. The van der Waals surface area contributed by atoms with Crippen LogP contribution in [0.1, 0.15) is 52.0 Å². The van der Waals surface area contributed by atoms with E-state index in [2.05, 4.69) is 21.7 Å². The number of allylic oxidation sites excluding steroid dienone is 1. The number of hydrogen-bond donors (Lipinski definition) is 2. The van der Waals surface area contributed by atoms with Crippen LogP contribution in [-0.4, -0.2) is 67.1 Å². The van der Waals surface area contributed by atoms with Crippen molar-refractivity contribution in [3.63, 3.8) is 0 Å². The van der Waals surface area contributed by atoms with Gasteiger partial charge in [0.1, 0.15) is 11.4 Å². The number of fused-ring (bicyclic) bond motifs is 2. The van der Waals surface area contributed by atoms with Gasteiger partial charge in [-0.15, -0.1) is 0 Å². The van der Waals surface area contributed by atoms with E-state index in [-0.39, 0.29) is 45.9 Å². The van der Waals surface area contributed by atoms with Gasteiger partial charge in [-0.05, 0) is 61.8 Å². The summed E-state index contributed by atoms with van der Waals surface area (Å²) in [7, 11) is 1.36. The molecule has 5 fully saturated rings. The number of benzene rings is 1. The molecule has 1 aromatic carbocycles. The number of anilines is 1. The molecular weight excluding hydrogens is 596 g/mol. The smallest absolute Gasteiger partial charge is 0.419 e. The normalized spacial score (nSPS) is 27.2. The Labute approximate surface area is 256 Å². The second-order valence-electron chi connectivity index (χ2n) is 12.9. The van der Waals surface area contributed by atoms with Crippen molar-refractivity contribution < 1.29 is 41.4 Å². The Kier molecular flexibility index (Phi) is 7.14. The number of ether oxygens (including phenoxy) is 2. The second kappa shape index (κ2) is 10.8. The highest BCUT2D eigenvalue weighted by Gasteiger charge is 2.55. The number of nitrogens with zero attached hydrogens (tertiary/aromatic N) is 2. The highest BCUT2D eigenvalue weighted by molar-refractivity contribution is 6.02. The predicted molar refractivity (Wildman–Crippen MR) is 152 cm³/mol. The molecule has 3 amide bonds. The van der Waals surface area contributed by atoms with Crippen molar-refractivity contribution in [2.75, 3.05) is 38.7 Å². The molecule has 45 heavy (non-hydrogen) atoms. The van der Waals surface area contributed by atoms with Gasteiger partial charge in [-0.2, -0.15) is 13.2 Å². The molecule has 3 saturated carbocycles. The lowest BCUT2D eigenvalue weighted by Crippen LogP contribution is -2.67. The molecule has 2 N–H and O–H groups in total. The number of halogens is 4. The number of carbonyl (C=O) groups excluding carboxylic acids is 3. The first kappa shape index (κ1) is 29.7. The summed E-state index contributed by atoms with van der Waals surface area (Å²) in [4.78, 5) is 46.6. The predicted octanol–water partition coefficient (Wildman–Crippen LogP) is 4.45. The first-order chi connectivity index (χ1) is 21.5. The number of likely N-dealkylation sites (tertiary alicyclic amines) is 1. The summed E-state index contributed by atoms with van der Waals surface area (Å²) in [5.41, 5.74) is -0.304. The number of hydrogen-bond acceptors (Lipinski definition) is 6. The third-order valence-electron chi connectivity index (χ3n) is 9.78. The van der Waals surface area contributed by atoms with Gasteiger partial charge in [-0.1, -0.05) is 11.6 Å². The van der Waals surface area contributed by atoms with Crippen LogP contribution in [0.2, 0.25) is 0 Å². The van der Waals surface area contributed by atoms with Crippen molar-refractivity contribution >= 4 is 23.4 Å². The number of pyridine rings is 1. The molecule has 4 atom stereocenters. The van der Waals surface area contributed by atoms with Gasteiger partial charge in [-0.25, -0.2) is 9.37 Å². The van der Waals surface area contributed by atoms with E-state index in [1.807, 2.05) is 0 Å². The third kappa shape index (κ3) is 5.34. The van der Waals surface area contributed by atoms with E-state index in [9.17, 15) is 31.9 Å². The summed E-state index contributed by atoms with van der Waals surface area (Å²) < 4.78 is 64.6. The van der Waals surface area contributed by atoms with Crippen molar-refractivity contribution in [1.82, 2.24) is 15.2 Å². The minimum absolute atomic E-state index is 0.0143. The van der Waals surface area contributed by atoms with E-state index in [0.717, 1.165) is 30.9 Å². The van der Waals surface area contributed by atoms with E-state index < -0.39 is 41.3 Å². The van der Waals surface area contributed by atoms with E-state index in [1.165, 1.54) is 19.4 Å². The fraction of sp³-hybridized carbons (Fsp3) is 0.500. The number of nitrogens with one attached hydrogen (secondary N) is 2. The lowest BCUT2D eigenvalue weighted by Gasteiger charge is -2.54. The molecule has 2 bridgehead atoms. The van der Waals surface area contributed by atoms with Gasteiger partial charge >= 0.3 is 6.18 Å². The number of carbonyl (C=O) groups is 3. The number of alkyl halides is 3. The Morgan fingerprint density at radius 3 is 2.47 bits per heavy atom. The summed E-state index contributed by atoms with van der Waals surface area (Å²) in [6.07, 6.45) is 2.14. The van der Waals surface area contributed by atoms with Gasteiger partial charge < -0.3 is 25.0 Å². The van der Waals surface area contributed by atoms with Gasteiger partial charge in [0, 0.05) is 36.9 Å². The van der Waals surface area contributed by atoms with Gasteiger partial charge in [0.15, 0.2) is 0 Å². The Bertz CT molecular complexity index is 1590. The number of rotatable bonds is 7. The monoisotopic (exact) mass is 628 g/mol. The summed E-state index contributed by atoms with van der Waals surface area (Å²) in [6, 6.07) is 3.10. The maximum absolute atomic E-state index is 13.9. The quantitative estimate of drug-likeness (QED) is 0.347. The Hall–Kier alpha value is -4.00. The lowest BCUT2D eigenvalue weighted by atomic mass is 9.78. The van der Waals surface area contributed by atoms with E-state index in [0.29, 0.717) is 50.8 Å². The maximum atomic E-state index is 13.9. The van der Waals surface area contributed by atoms with Gasteiger partial charge in [0.2, 0.25) is 11.8 Å². The highest BCUT2D eigenvalue weighted by Crippen LogP contribution is 2.54. The van der Waals surface area contributed by atoms with Crippen molar-refractivity contribution in [1.29, 1.82) is 0 Å². The van der Waals surface area contributed by atoms with Crippen LogP contribution in [0.25, 0.3) is 0 Å². The zero-order valence-corrected chi connectivity index (χ0v) is 24.5. The van der Waals surface area contributed by atoms with Gasteiger partial charge in [0.05, 0.1) is 42.8 Å². The average molecular weight is 629 g/mol. The molecular formula is C32H32F4N4O5. The van der Waals surface area contributed by atoms with Crippen LogP contribution < -0.4 is 15.4 Å². The standard InChI is InChI=1S/C32H32F4N4O5/c1-44-29-22(9-17(11-37-29)30(43)40-12-31(13-40)14-45-15-31)27(41)39-26-20-6-5-19(21(20)8-16-2-3-16)25(26)28(42)38-18-4-7-24(33)23(10-18)32(34,35)36/h4,7-11,16,19-20,25-26H,2-3,5-6,12-15H2,1H3,(H,38,42)(H,39,41)/b21-8-/t19?,20?,25-,26+/m0/s1. The zero-order chi connectivity index (χ0) is 31.7. The molecule has 2 aliphatic heterocycles. The van der Waals surface area contributed by atoms with Crippen LogP contribution in [0.5, 0.6) is 5.88 Å². The van der Waals surface area contributed by atoms with Gasteiger partial charge in [0.25, 0.3) is 11.8 Å². The summed E-state index contributed by atoms with van der Waals surface area (Å²) in [5, 5.41) is 5.55. The van der Waals surface area contributed by atoms with Crippen LogP contribution in [-0.2, 0) is 15.7 Å². The first-order valence-electron chi connectivity index (χ1n) is 15.1. The number of methoxy groups -OCH3 is 1.